The van der Waals surface area contributed by atoms with Crippen molar-refractivity contribution in [3.05, 3.63) is 0 Å². The summed E-state index contributed by atoms with van der Waals surface area (Å²) in [5, 5.41) is 13.1. The molecular formula is C14H28N2O2. The molecule has 1 rings (SSSR count). The highest BCUT2D eigenvalue weighted by Crippen LogP contribution is 2.31. The van der Waals surface area contributed by atoms with Crippen LogP contribution in [0.5, 0.6) is 0 Å². The molecule has 0 aliphatic heterocycles. The van der Waals surface area contributed by atoms with E-state index in [-0.39, 0.29) is 5.91 Å². The Kier molecular flexibility index (Phi) is 5.60. The van der Waals surface area contributed by atoms with E-state index in [1.807, 2.05) is 13.8 Å². The van der Waals surface area contributed by atoms with Crippen LogP contribution in [0.15, 0.2) is 0 Å². The maximum atomic E-state index is 11.8. The summed E-state index contributed by atoms with van der Waals surface area (Å²) in [7, 11) is 0. The second-order valence-corrected chi connectivity index (χ2v) is 6.36. The van der Waals surface area contributed by atoms with Crippen LogP contribution in [0.4, 0.5) is 0 Å². The van der Waals surface area contributed by atoms with Gasteiger partial charge in [-0.25, -0.2) is 0 Å². The molecule has 4 heteroatoms. The number of carbonyl (C=O) groups is 1. The normalized spacial score (nSPS) is 30.2. The molecule has 1 unspecified atom stereocenters. The minimum absolute atomic E-state index is 0.143. The molecular weight excluding hydrogens is 228 g/mol. The lowest BCUT2D eigenvalue weighted by atomic mass is 9.79. The van der Waals surface area contributed by atoms with Gasteiger partial charge in [0.15, 0.2) is 0 Å². The Hall–Kier alpha value is -0.610. The maximum Gasteiger partial charge on any atom is 0.237 e. The van der Waals surface area contributed by atoms with Gasteiger partial charge in [-0.2, -0.15) is 0 Å². The van der Waals surface area contributed by atoms with E-state index in [0.29, 0.717) is 24.8 Å². The number of rotatable bonds is 5. The molecule has 106 valence electrons. The van der Waals surface area contributed by atoms with E-state index in [2.05, 4.69) is 12.2 Å². The van der Waals surface area contributed by atoms with E-state index in [4.69, 9.17) is 5.73 Å². The van der Waals surface area contributed by atoms with E-state index in [9.17, 15) is 9.90 Å². The quantitative estimate of drug-likeness (QED) is 0.696. The first-order valence-electron chi connectivity index (χ1n) is 7.08. The monoisotopic (exact) mass is 256 g/mol. The summed E-state index contributed by atoms with van der Waals surface area (Å²) in [6.45, 7) is 6.63. The first-order chi connectivity index (χ1) is 8.32. The Bertz CT molecular complexity index is 271. The van der Waals surface area contributed by atoms with Crippen LogP contribution < -0.4 is 11.1 Å². The average Bonchev–Trinajstić information content (AvgIpc) is 2.29. The number of hydrogen-bond acceptors (Lipinski definition) is 3. The van der Waals surface area contributed by atoms with E-state index in [1.165, 1.54) is 0 Å². The Labute approximate surface area is 110 Å². The van der Waals surface area contributed by atoms with Crippen molar-refractivity contribution in [2.75, 3.05) is 6.54 Å². The summed E-state index contributed by atoms with van der Waals surface area (Å²) in [6, 6.07) is -0.462. The SMILES string of the molecule is CC(C)CC(N)C(=O)NCC1(O)CCC(C)CC1. The fourth-order valence-electron chi connectivity index (χ4n) is 2.47. The van der Waals surface area contributed by atoms with Gasteiger partial charge in [0, 0.05) is 6.54 Å². The Morgan fingerprint density at radius 3 is 2.50 bits per heavy atom. The third kappa shape index (κ3) is 4.94. The zero-order valence-corrected chi connectivity index (χ0v) is 11.9. The second kappa shape index (κ2) is 6.53. The lowest BCUT2D eigenvalue weighted by molar-refractivity contribution is -0.124. The third-order valence-corrected chi connectivity index (χ3v) is 3.86. The van der Waals surface area contributed by atoms with Crippen molar-refractivity contribution in [1.82, 2.24) is 5.32 Å². The molecule has 1 saturated carbocycles. The highest BCUT2D eigenvalue weighted by atomic mass is 16.3. The van der Waals surface area contributed by atoms with Gasteiger partial charge in [-0.05, 0) is 43.9 Å². The number of nitrogens with two attached hydrogens (primary N) is 1. The second-order valence-electron chi connectivity index (χ2n) is 6.36. The lowest BCUT2D eigenvalue weighted by Gasteiger charge is -2.35. The van der Waals surface area contributed by atoms with Crippen LogP contribution in [0.2, 0.25) is 0 Å². The molecule has 0 aromatic carbocycles. The molecule has 1 amide bonds. The Morgan fingerprint density at radius 2 is 2.00 bits per heavy atom. The average molecular weight is 256 g/mol. The van der Waals surface area contributed by atoms with Crippen molar-refractivity contribution >= 4 is 5.91 Å². The Balaban J connectivity index is 2.33. The molecule has 0 saturated heterocycles. The van der Waals surface area contributed by atoms with Gasteiger partial charge in [0.1, 0.15) is 0 Å². The van der Waals surface area contributed by atoms with Crippen LogP contribution >= 0.6 is 0 Å². The van der Waals surface area contributed by atoms with E-state index in [1.54, 1.807) is 0 Å². The van der Waals surface area contributed by atoms with Crippen molar-refractivity contribution in [2.24, 2.45) is 17.6 Å². The van der Waals surface area contributed by atoms with Crippen molar-refractivity contribution in [3.8, 4) is 0 Å². The van der Waals surface area contributed by atoms with Gasteiger partial charge in [-0.15, -0.1) is 0 Å². The predicted molar refractivity (Wildman–Crippen MR) is 73.0 cm³/mol. The molecule has 1 aliphatic carbocycles. The van der Waals surface area contributed by atoms with E-state index >= 15 is 0 Å². The molecule has 0 bridgehead atoms. The topological polar surface area (TPSA) is 75.4 Å². The van der Waals surface area contributed by atoms with Crippen LogP contribution in [0.25, 0.3) is 0 Å². The van der Waals surface area contributed by atoms with Crippen molar-refractivity contribution in [1.29, 1.82) is 0 Å². The van der Waals surface area contributed by atoms with Crippen molar-refractivity contribution in [3.63, 3.8) is 0 Å². The summed E-state index contributed by atoms with van der Waals surface area (Å²) in [4.78, 5) is 11.8. The zero-order chi connectivity index (χ0) is 13.8. The molecule has 0 radical (unpaired) electrons. The minimum Gasteiger partial charge on any atom is -0.388 e. The molecule has 0 heterocycles. The van der Waals surface area contributed by atoms with Gasteiger partial charge in [0.25, 0.3) is 0 Å². The first-order valence-corrected chi connectivity index (χ1v) is 7.08. The molecule has 1 fully saturated rings. The summed E-state index contributed by atoms with van der Waals surface area (Å²) < 4.78 is 0. The predicted octanol–water partition coefficient (Wildman–Crippen LogP) is 1.42. The van der Waals surface area contributed by atoms with Crippen molar-refractivity contribution in [2.45, 2.75) is 64.5 Å². The molecule has 0 spiro atoms. The standard InChI is InChI=1S/C14H28N2O2/c1-10(2)8-12(15)13(17)16-9-14(18)6-4-11(3)5-7-14/h10-12,18H,4-9,15H2,1-3H3,(H,16,17). The number of aliphatic hydroxyl groups is 1. The molecule has 0 aromatic heterocycles. The molecule has 18 heavy (non-hydrogen) atoms. The van der Waals surface area contributed by atoms with Crippen LogP contribution in [0, 0.1) is 11.8 Å². The van der Waals surface area contributed by atoms with Crippen LogP contribution in [0.3, 0.4) is 0 Å². The van der Waals surface area contributed by atoms with E-state index in [0.717, 1.165) is 25.7 Å². The smallest absolute Gasteiger partial charge is 0.237 e. The van der Waals surface area contributed by atoms with Gasteiger partial charge in [-0.3, -0.25) is 4.79 Å². The number of amides is 1. The van der Waals surface area contributed by atoms with Gasteiger partial charge in [0.05, 0.1) is 11.6 Å². The first kappa shape index (κ1) is 15.4. The Morgan fingerprint density at radius 1 is 1.44 bits per heavy atom. The molecule has 4 nitrogen and oxygen atoms in total. The lowest BCUT2D eigenvalue weighted by Crippen LogP contribution is -2.49. The van der Waals surface area contributed by atoms with Crippen LogP contribution in [0.1, 0.15) is 52.9 Å². The number of hydrogen-bond donors (Lipinski definition) is 3. The molecule has 0 aromatic rings. The van der Waals surface area contributed by atoms with Gasteiger partial charge in [0.2, 0.25) is 5.91 Å². The largest absolute Gasteiger partial charge is 0.388 e. The highest BCUT2D eigenvalue weighted by Gasteiger charge is 2.32. The third-order valence-electron chi connectivity index (χ3n) is 3.86. The highest BCUT2D eigenvalue weighted by molar-refractivity contribution is 5.81. The maximum absolute atomic E-state index is 11.8. The summed E-state index contributed by atoms with van der Waals surface area (Å²) >= 11 is 0. The van der Waals surface area contributed by atoms with Gasteiger partial charge < -0.3 is 16.2 Å². The van der Waals surface area contributed by atoms with Gasteiger partial charge in [-0.1, -0.05) is 20.8 Å². The zero-order valence-electron chi connectivity index (χ0n) is 11.9. The molecule has 1 atom stereocenters. The van der Waals surface area contributed by atoms with Gasteiger partial charge >= 0.3 is 0 Å². The summed E-state index contributed by atoms with van der Waals surface area (Å²) in [5.74, 6) is 0.948. The molecule has 1 aliphatic rings. The van der Waals surface area contributed by atoms with Crippen LogP contribution in [-0.4, -0.2) is 29.2 Å². The van der Waals surface area contributed by atoms with E-state index < -0.39 is 11.6 Å². The van der Waals surface area contributed by atoms with Crippen LogP contribution in [-0.2, 0) is 4.79 Å². The molecule has 4 N–H and O–H groups in total. The summed E-state index contributed by atoms with van der Waals surface area (Å²) in [5.41, 5.74) is 5.08. The van der Waals surface area contributed by atoms with Crippen molar-refractivity contribution < 1.29 is 9.90 Å². The summed E-state index contributed by atoms with van der Waals surface area (Å²) in [6.07, 6.45) is 4.29. The number of nitrogens with one attached hydrogen (secondary N) is 1. The fourth-order valence-corrected chi connectivity index (χ4v) is 2.47. The fraction of sp³-hybridized carbons (Fsp3) is 0.929. The number of carbonyl (C=O) groups excluding carboxylic acids is 1. The minimum atomic E-state index is -0.722.